The second-order valence-corrected chi connectivity index (χ2v) is 4.61. The molecule has 1 aromatic carbocycles. The molecule has 21 heavy (non-hydrogen) atoms. The molecule has 3 rings (SSSR count). The van der Waals surface area contributed by atoms with Crippen LogP contribution < -0.4 is 5.32 Å². The number of benzene rings is 1. The number of carboxylic acid groups (broad SMARTS) is 1. The van der Waals surface area contributed by atoms with Gasteiger partial charge in [0.15, 0.2) is 11.4 Å². The Morgan fingerprint density at radius 3 is 2.86 bits per heavy atom. The fourth-order valence-corrected chi connectivity index (χ4v) is 2.15. The number of aliphatic carboxylic acids is 1. The molecule has 7 nitrogen and oxygen atoms in total. The summed E-state index contributed by atoms with van der Waals surface area (Å²) in [6, 6.07) is 6.23. The number of nitrogens with zero attached hydrogens (tertiary/aromatic N) is 2. The number of aromatic nitrogens is 2. The van der Waals surface area contributed by atoms with E-state index in [-0.39, 0.29) is 5.82 Å². The molecule has 108 valence electrons. The molecular formula is C14H13N3O4. The second kappa shape index (κ2) is 5.02. The third kappa shape index (κ3) is 2.27. The minimum absolute atomic E-state index is 0.259. The number of furan rings is 1. The molecule has 1 atom stereocenters. The van der Waals surface area contributed by atoms with Crippen molar-refractivity contribution in [1.29, 1.82) is 0 Å². The monoisotopic (exact) mass is 287 g/mol. The quantitative estimate of drug-likeness (QED) is 0.667. The van der Waals surface area contributed by atoms with E-state index in [9.17, 15) is 4.79 Å². The number of carboxylic acids is 1. The molecule has 3 aromatic rings. The highest BCUT2D eigenvalue weighted by Gasteiger charge is 2.21. The normalized spacial score (nSPS) is 12.7. The van der Waals surface area contributed by atoms with Gasteiger partial charge in [0.05, 0.1) is 6.61 Å². The van der Waals surface area contributed by atoms with Crippen molar-refractivity contribution >= 4 is 33.9 Å². The van der Waals surface area contributed by atoms with Crippen molar-refractivity contribution < 1.29 is 19.4 Å². The Morgan fingerprint density at radius 1 is 1.38 bits per heavy atom. The number of fused-ring (bicyclic) bond motifs is 3. The van der Waals surface area contributed by atoms with E-state index in [1.54, 1.807) is 13.0 Å². The Kier molecular flexibility index (Phi) is 3.19. The highest BCUT2D eigenvalue weighted by molar-refractivity contribution is 6.05. The van der Waals surface area contributed by atoms with Gasteiger partial charge in [0.25, 0.3) is 0 Å². The average molecular weight is 287 g/mol. The van der Waals surface area contributed by atoms with Crippen LogP contribution in [0.2, 0.25) is 0 Å². The van der Waals surface area contributed by atoms with Crippen molar-refractivity contribution in [2.45, 2.75) is 13.0 Å². The van der Waals surface area contributed by atoms with Gasteiger partial charge >= 0.3 is 5.97 Å². The maximum Gasteiger partial charge on any atom is 0.328 e. The number of hydrogen-bond acceptors (Lipinski definition) is 6. The van der Waals surface area contributed by atoms with Gasteiger partial charge in [-0.05, 0) is 19.1 Å². The summed E-state index contributed by atoms with van der Waals surface area (Å²) in [6.45, 7) is 1.15. The molecule has 2 aromatic heterocycles. The minimum atomic E-state index is -1.17. The maximum atomic E-state index is 11.0. The number of aliphatic hydroxyl groups is 1. The van der Waals surface area contributed by atoms with E-state index in [1.165, 1.54) is 0 Å². The van der Waals surface area contributed by atoms with E-state index >= 15 is 0 Å². The van der Waals surface area contributed by atoms with E-state index in [0.29, 0.717) is 22.5 Å². The molecule has 3 N–H and O–H groups in total. The third-order valence-corrected chi connectivity index (χ3v) is 3.12. The zero-order valence-corrected chi connectivity index (χ0v) is 11.2. The molecule has 0 aliphatic heterocycles. The van der Waals surface area contributed by atoms with E-state index in [1.807, 2.05) is 18.2 Å². The first-order valence-electron chi connectivity index (χ1n) is 6.36. The molecule has 0 amide bonds. The number of aryl methyl sites for hydroxylation is 1. The van der Waals surface area contributed by atoms with Gasteiger partial charge in [-0.1, -0.05) is 12.1 Å². The number of rotatable bonds is 4. The summed E-state index contributed by atoms with van der Waals surface area (Å²) in [7, 11) is 0. The fourth-order valence-electron chi connectivity index (χ4n) is 2.15. The largest absolute Gasteiger partial charge is 0.480 e. The number of aliphatic hydroxyl groups excluding tert-OH is 1. The molecular weight excluding hydrogens is 274 g/mol. The first-order valence-corrected chi connectivity index (χ1v) is 6.36. The van der Waals surface area contributed by atoms with Gasteiger partial charge in [-0.15, -0.1) is 0 Å². The summed E-state index contributed by atoms with van der Waals surface area (Å²) in [5, 5.41) is 21.6. The lowest BCUT2D eigenvalue weighted by molar-refractivity contribution is -0.138. The summed E-state index contributed by atoms with van der Waals surface area (Å²) in [5.74, 6) is -0.424. The molecule has 0 fully saturated rings. The van der Waals surface area contributed by atoms with Crippen LogP contribution in [0.1, 0.15) is 5.82 Å². The van der Waals surface area contributed by atoms with Gasteiger partial charge in [-0.2, -0.15) is 0 Å². The Morgan fingerprint density at radius 2 is 2.14 bits per heavy atom. The van der Waals surface area contributed by atoms with Crippen LogP contribution in [0.4, 0.5) is 5.82 Å². The van der Waals surface area contributed by atoms with Crippen molar-refractivity contribution in [2.24, 2.45) is 0 Å². The van der Waals surface area contributed by atoms with E-state index in [2.05, 4.69) is 15.3 Å². The zero-order valence-electron chi connectivity index (χ0n) is 11.2. The summed E-state index contributed by atoms with van der Waals surface area (Å²) >= 11 is 0. The number of anilines is 1. The molecule has 1 unspecified atom stereocenters. The van der Waals surface area contributed by atoms with Crippen molar-refractivity contribution in [1.82, 2.24) is 9.97 Å². The predicted octanol–water partition coefficient (Wildman–Crippen LogP) is 1.54. The van der Waals surface area contributed by atoms with E-state index in [4.69, 9.17) is 14.6 Å². The number of para-hydroxylation sites is 1. The Bertz CT molecular complexity index is 828. The summed E-state index contributed by atoms with van der Waals surface area (Å²) in [6.07, 6.45) is 0. The smallest absolute Gasteiger partial charge is 0.328 e. The molecule has 0 bridgehead atoms. The lowest BCUT2D eigenvalue weighted by atomic mass is 10.2. The van der Waals surface area contributed by atoms with Crippen LogP contribution in [0.3, 0.4) is 0 Å². The first-order chi connectivity index (χ1) is 10.1. The molecule has 7 heteroatoms. The third-order valence-electron chi connectivity index (χ3n) is 3.12. The highest BCUT2D eigenvalue weighted by atomic mass is 16.4. The lowest BCUT2D eigenvalue weighted by Gasteiger charge is -2.12. The molecule has 0 saturated carbocycles. The standard InChI is InChI=1S/C14H13N3O4/c1-7-15-11-8-4-2-3-5-10(8)21-12(11)13(16-7)17-9(6-18)14(19)20/h2-5,9,18H,6H2,1H3,(H,19,20)(H,15,16,17). The van der Waals surface area contributed by atoms with Gasteiger partial charge in [0.1, 0.15) is 23.0 Å². The van der Waals surface area contributed by atoms with Crippen LogP contribution in [0.25, 0.3) is 22.1 Å². The highest BCUT2D eigenvalue weighted by Crippen LogP contribution is 2.31. The lowest BCUT2D eigenvalue weighted by Crippen LogP contribution is -2.33. The second-order valence-electron chi connectivity index (χ2n) is 4.61. The number of nitrogens with one attached hydrogen (secondary N) is 1. The average Bonchev–Trinajstić information content (AvgIpc) is 2.83. The minimum Gasteiger partial charge on any atom is -0.480 e. The number of carbonyl (C=O) groups is 1. The fraction of sp³-hybridized carbons (Fsp3) is 0.214. The van der Waals surface area contributed by atoms with Crippen molar-refractivity contribution in [3.8, 4) is 0 Å². The van der Waals surface area contributed by atoms with Crippen molar-refractivity contribution in [3.05, 3.63) is 30.1 Å². The SMILES string of the molecule is Cc1nc(NC(CO)C(=O)O)c2oc3ccccc3c2n1. The topological polar surface area (TPSA) is 108 Å². The van der Waals surface area contributed by atoms with Gasteiger partial charge in [-0.25, -0.2) is 14.8 Å². The van der Waals surface area contributed by atoms with Gasteiger partial charge in [0.2, 0.25) is 0 Å². The van der Waals surface area contributed by atoms with Crippen LogP contribution in [-0.2, 0) is 4.79 Å². The predicted molar refractivity (Wildman–Crippen MR) is 76.2 cm³/mol. The van der Waals surface area contributed by atoms with Gasteiger partial charge in [0, 0.05) is 5.39 Å². The van der Waals surface area contributed by atoms with Crippen LogP contribution in [-0.4, -0.2) is 38.8 Å². The van der Waals surface area contributed by atoms with Crippen LogP contribution in [0, 0.1) is 6.92 Å². The van der Waals surface area contributed by atoms with E-state index < -0.39 is 18.6 Å². The molecule has 0 spiro atoms. The molecule has 2 heterocycles. The Hall–Kier alpha value is -2.67. The van der Waals surface area contributed by atoms with Crippen molar-refractivity contribution in [3.63, 3.8) is 0 Å². The Labute approximate surface area is 119 Å². The zero-order chi connectivity index (χ0) is 15.0. The molecule has 0 saturated heterocycles. The van der Waals surface area contributed by atoms with Crippen LogP contribution in [0.15, 0.2) is 28.7 Å². The van der Waals surface area contributed by atoms with Crippen LogP contribution in [0.5, 0.6) is 0 Å². The molecule has 0 aliphatic carbocycles. The maximum absolute atomic E-state index is 11.0. The Balaban J connectivity index is 2.20. The van der Waals surface area contributed by atoms with Gasteiger partial charge in [-0.3, -0.25) is 0 Å². The first kappa shape index (κ1) is 13.3. The van der Waals surface area contributed by atoms with E-state index in [0.717, 1.165) is 5.39 Å². The van der Waals surface area contributed by atoms with Crippen molar-refractivity contribution in [2.75, 3.05) is 11.9 Å². The molecule has 0 radical (unpaired) electrons. The van der Waals surface area contributed by atoms with Gasteiger partial charge < -0.3 is 19.9 Å². The summed E-state index contributed by atoms with van der Waals surface area (Å²) in [5.41, 5.74) is 1.63. The van der Waals surface area contributed by atoms with Crippen LogP contribution >= 0.6 is 0 Å². The molecule has 0 aliphatic rings. The summed E-state index contributed by atoms with van der Waals surface area (Å²) in [4.78, 5) is 19.6. The summed E-state index contributed by atoms with van der Waals surface area (Å²) < 4.78 is 5.70. The number of hydrogen-bond donors (Lipinski definition) is 3.